The van der Waals surface area contributed by atoms with Crippen molar-refractivity contribution in [3.05, 3.63) is 58.7 Å². The molecule has 0 aliphatic carbocycles. The van der Waals surface area contributed by atoms with Crippen LogP contribution in [0.25, 0.3) is 0 Å². The van der Waals surface area contributed by atoms with Gasteiger partial charge in [-0.05, 0) is 64.7 Å². The lowest BCUT2D eigenvalue weighted by Crippen LogP contribution is -2.33. The SMILES string of the molecule is CCN(CC)C(=O)CO/N=C1/C=CCC/C=C/C[C@@H](C)OC(=O)c2c(C)cc(C)cc2C1. The van der Waals surface area contributed by atoms with Crippen LogP contribution in [0.5, 0.6) is 0 Å². The van der Waals surface area contributed by atoms with Gasteiger partial charge < -0.3 is 14.5 Å². The van der Waals surface area contributed by atoms with Crippen LogP contribution >= 0.6 is 0 Å². The van der Waals surface area contributed by atoms with E-state index >= 15 is 0 Å². The van der Waals surface area contributed by atoms with Gasteiger partial charge in [-0.2, -0.15) is 0 Å². The smallest absolute Gasteiger partial charge is 0.338 e. The number of fused-ring (bicyclic) bond motifs is 1. The van der Waals surface area contributed by atoms with Crippen molar-refractivity contribution in [1.29, 1.82) is 0 Å². The van der Waals surface area contributed by atoms with Crippen LogP contribution in [0.4, 0.5) is 0 Å². The number of rotatable bonds is 5. The lowest BCUT2D eigenvalue weighted by Gasteiger charge is -2.18. The van der Waals surface area contributed by atoms with E-state index in [1.54, 1.807) is 4.90 Å². The van der Waals surface area contributed by atoms with E-state index in [1.807, 2.05) is 52.8 Å². The number of benzene rings is 1. The first-order chi connectivity index (χ1) is 15.3. The Morgan fingerprint density at radius 2 is 1.88 bits per heavy atom. The number of likely N-dealkylation sites (N-methyl/N-ethyl adjacent to an activating group) is 1. The van der Waals surface area contributed by atoms with E-state index < -0.39 is 0 Å². The summed E-state index contributed by atoms with van der Waals surface area (Å²) in [6, 6.07) is 3.98. The summed E-state index contributed by atoms with van der Waals surface area (Å²) in [5.41, 5.74) is 4.01. The minimum Gasteiger partial charge on any atom is -0.459 e. The van der Waals surface area contributed by atoms with Crippen LogP contribution < -0.4 is 0 Å². The van der Waals surface area contributed by atoms with E-state index in [4.69, 9.17) is 9.57 Å². The Morgan fingerprint density at radius 1 is 1.16 bits per heavy atom. The van der Waals surface area contributed by atoms with Gasteiger partial charge in [0.15, 0.2) is 6.61 Å². The number of carbonyl (C=O) groups excluding carboxylic acids is 2. The third-order valence-corrected chi connectivity index (χ3v) is 5.38. The van der Waals surface area contributed by atoms with Crippen LogP contribution in [0.1, 0.15) is 67.1 Å². The van der Waals surface area contributed by atoms with E-state index in [-0.39, 0.29) is 24.6 Å². The number of oxime groups is 1. The molecule has 1 amide bonds. The molecule has 1 aromatic rings. The maximum atomic E-state index is 13.0. The van der Waals surface area contributed by atoms with E-state index in [0.717, 1.165) is 29.5 Å². The van der Waals surface area contributed by atoms with Crippen molar-refractivity contribution in [2.24, 2.45) is 5.16 Å². The molecule has 2 rings (SSSR count). The van der Waals surface area contributed by atoms with Gasteiger partial charge in [0.2, 0.25) is 0 Å². The Labute approximate surface area is 192 Å². The summed E-state index contributed by atoms with van der Waals surface area (Å²) in [4.78, 5) is 32.3. The van der Waals surface area contributed by atoms with Gasteiger partial charge in [-0.3, -0.25) is 4.79 Å². The predicted molar refractivity (Wildman–Crippen MR) is 128 cm³/mol. The normalized spacial score (nSPS) is 19.6. The number of allylic oxidation sites excluding steroid dienone is 3. The average Bonchev–Trinajstić information content (AvgIpc) is 2.72. The van der Waals surface area contributed by atoms with Gasteiger partial charge in [-0.25, -0.2) is 4.79 Å². The number of hydrogen-bond donors (Lipinski definition) is 0. The van der Waals surface area contributed by atoms with Gasteiger partial charge in [0.1, 0.15) is 6.10 Å². The molecule has 6 heteroatoms. The molecule has 174 valence electrons. The van der Waals surface area contributed by atoms with Gasteiger partial charge >= 0.3 is 5.97 Å². The number of esters is 1. The zero-order valence-corrected chi connectivity index (χ0v) is 20.0. The molecule has 0 radical (unpaired) electrons. The van der Waals surface area contributed by atoms with Crippen molar-refractivity contribution in [2.75, 3.05) is 19.7 Å². The van der Waals surface area contributed by atoms with Crippen LogP contribution in [-0.2, 0) is 20.8 Å². The lowest BCUT2D eigenvalue weighted by molar-refractivity contribution is -0.135. The summed E-state index contributed by atoms with van der Waals surface area (Å²) in [7, 11) is 0. The molecule has 0 fully saturated rings. The summed E-state index contributed by atoms with van der Waals surface area (Å²) in [5.74, 6) is -0.421. The summed E-state index contributed by atoms with van der Waals surface area (Å²) in [6.45, 7) is 10.9. The fourth-order valence-electron chi connectivity index (χ4n) is 3.75. The molecule has 0 unspecified atom stereocenters. The van der Waals surface area contributed by atoms with Crippen molar-refractivity contribution >= 4 is 17.6 Å². The van der Waals surface area contributed by atoms with Gasteiger partial charge in [0.05, 0.1) is 11.3 Å². The highest BCUT2D eigenvalue weighted by molar-refractivity contribution is 6.00. The Morgan fingerprint density at radius 3 is 2.59 bits per heavy atom. The lowest BCUT2D eigenvalue weighted by atomic mass is 9.95. The molecule has 0 aromatic heterocycles. The first kappa shape index (κ1) is 25.4. The topological polar surface area (TPSA) is 68.2 Å². The Kier molecular flexibility index (Phi) is 10.2. The number of aryl methyl sites for hydroxylation is 2. The van der Waals surface area contributed by atoms with Crippen LogP contribution in [0.3, 0.4) is 0 Å². The Bertz CT molecular complexity index is 882. The number of nitrogens with zero attached hydrogens (tertiary/aromatic N) is 2. The second kappa shape index (κ2) is 12.8. The zero-order chi connectivity index (χ0) is 23.5. The standard InChI is InChI=1S/C26H36N2O4/c1-6-28(7-2)24(29)18-31-27-23-14-12-10-8-9-11-13-21(5)32-26(30)25-20(4)15-19(3)16-22(25)17-23/h9,11-12,14-16,21H,6-8,10,13,17-18H2,1-5H3/b11-9+,14-12?,27-23-/t21-/m1/s1. The summed E-state index contributed by atoms with van der Waals surface area (Å²) in [5, 5.41) is 4.25. The number of amides is 1. The van der Waals surface area contributed by atoms with E-state index in [9.17, 15) is 9.59 Å². The van der Waals surface area contributed by atoms with E-state index in [2.05, 4.69) is 23.4 Å². The Balaban J connectivity index is 2.34. The molecule has 1 aliphatic heterocycles. The number of hydrogen-bond acceptors (Lipinski definition) is 5. The maximum absolute atomic E-state index is 13.0. The third-order valence-electron chi connectivity index (χ3n) is 5.38. The first-order valence-corrected chi connectivity index (χ1v) is 11.4. The highest BCUT2D eigenvalue weighted by atomic mass is 16.6. The molecule has 0 N–H and O–H groups in total. The maximum Gasteiger partial charge on any atom is 0.338 e. The zero-order valence-electron chi connectivity index (χ0n) is 20.0. The van der Waals surface area contributed by atoms with Crippen molar-refractivity contribution in [3.63, 3.8) is 0 Å². The van der Waals surface area contributed by atoms with Gasteiger partial charge in [-0.15, -0.1) is 0 Å². The molecule has 1 atom stereocenters. The largest absolute Gasteiger partial charge is 0.459 e. The molecule has 6 nitrogen and oxygen atoms in total. The molecule has 0 spiro atoms. The molecule has 32 heavy (non-hydrogen) atoms. The summed E-state index contributed by atoms with van der Waals surface area (Å²) < 4.78 is 5.71. The van der Waals surface area contributed by atoms with Crippen molar-refractivity contribution in [3.8, 4) is 0 Å². The second-order valence-corrected chi connectivity index (χ2v) is 8.12. The van der Waals surface area contributed by atoms with Gasteiger partial charge in [0.25, 0.3) is 5.91 Å². The summed E-state index contributed by atoms with van der Waals surface area (Å²) in [6.07, 6.45) is 10.8. The molecule has 0 saturated heterocycles. The van der Waals surface area contributed by atoms with Crippen molar-refractivity contribution in [2.45, 2.75) is 66.4 Å². The van der Waals surface area contributed by atoms with Crippen molar-refractivity contribution in [1.82, 2.24) is 4.90 Å². The highest BCUT2D eigenvalue weighted by Gasteiger charge is 2.20. The number of ether oxygens (including phenoxy) is 1. The third kappa shape index (κ3) is 7.66. The molecular weight excluding hydrogens is 404 g/mol. The predicted octanol–water partition coefficient (Wildman–Crippen LogP) is 4.93. The van der Waals surface area contributed by atoms with Crippen molar-refractivity contribution < 1.29 is 19.2 Å². The minimum absolute atomic E-state index is 0.0981. The second-order valence-electron chi connectivity index (χ2n) is 8.12. The molecular formula is C26H36N2O4. The first-order valence-electron chi connectivity index (χ1n) is 11.4. The molecule has 0 saturated carbocycles. The molecule has 1 aliphatic rings. The molecule has 0 bridgehead atoms. The Hall–Kier alpha value is -2.89. The van der Waals surface area contributed by atoms with Gasteiger partial charge in [0, 0.05) is 25.9 Å². The highest BCUT2D eigenvalue weighted by Crippen LogP contribution is 2.21. The van der Waals surface area contributed by atoms with Crippen LogP contribution in [0, 0.1) is 13.8 Å². The molecule has 1 heterocycles. The average molecular weight is 441 g/mol. The van der Waals surface area contributed by atoms with Crippen LogP contribution in [0.15, 0.2) is 41.6 Å². The quantitative estimate of drug-likeness (QED) is 0.370. The van der Waals surface area contributed by atoms with E-state index in [0.29, 0.717) is 37.2 Å². The minimum atomic E-state index is -0.323. The number of carbonyl (C=O) groups is 2. The fourth-order valence-corrected chi connectivity index (χ4v) is 3.75. The van der Waals surface area contributed by atoms with E-state index in [1.165, 1.54) is 0 Å². The fraction of sp³-hybridized carbons (Fsp3) is 0.500. The number of cyclic esters (lactones) is 1. The van der Waals surface area contributed by atoms with Crippen LogP contribution in [-0.4, -0.2) is 48.3 Å². The monoisotopic (exact) mass is 440 g/mol. The summed E-state index contributed by atoms with van der Waals surface area (Å²) >= 11 is 0. The van der Waals surface area contributed by atoms with Gasteiger partial charge in [-0.1, -0.05) is 41.1 Å². The molecule has 1 aromatic carbocycles. The van der Waals surface area contributed by atoms with Crippen LogP contribution in [0.2, 0.25) is 0 Å².